The fourth-order valence-electron chi connectivity index (χ4n) is 7.56. The van der Waals surface area contributed by atoms with E-state index in [1.807, 2.05) is 6.92 Å². The lowest BCUT2D eigenvalue weighted by Crippen LogP contribution is -2.31. The average Bonchev–Trinajstić information content (AvgIpc) is 3.18. The average molecular weight is 786 g/mol. The summed E-state index contributed by atoms with van der Waals surface area (Å²) >= 11 is 0. The van der Waals surface area contributed by atoms with E-state index in [2.05, 4.69) is 57.9 Å². The molecule has 0 saturated heterocycles. The normalized spacial score (nSPS) is 12.3. The summed E-state index contributed by atoms with van der Waals surface area (Å²) < 4.78 is 0. The number of hydrogen-bond donors (Lipinski definition) is 3. The van der Waals surface area contributed by atoms with Crippen LogP contribution in [0.25, 0.3) is 0 Å². The lowest BCUT2D eigenvalue weighted by atomic mass is 10.1. The van der Waals surface area contributed by atoms with Crippen molar-refractivity contribution >= 4 is 11.8 Å². The Labute approximate surface area is 350 Å². The molecule has 330 valence electrons. The SMILES string of the molecule is CCCCCCCCC=CCCCCCCCCN(CCCCN(CCCCCCCC/C=C\CCCCCCCC)CCCN=C(N)N)CCCN=C(C)N. The quantitative estimate of drug-likeness (QED) is 0.0246. The van der Waals surface area contributed by atoms with Crippen molar-refractivity contribution < 1.29 is 0 Å². The molecule has 7 heteroatoms. The maximum atomic E-state index is 5.81. The minimum absolute atomic E-state index is 0.207. The molecule has 0 aliphatic carbocycles. The van der Waals surface area contributed by atoms with Gasteiger partial charge >= 0.3 is 0 Å². The molecule has 0 aromatic rings. The van der Waals surface area contributed by atoms with E-state index in [0.29, 0.717) is 5.84 Å². The Bertz CT molecular complexity index is 819. The maximum absolute atomic E-state index is 5.81. The Hall–Kier alpha value is -1.86. The molecule has 0 unspecified atom stereocenters. The van der Waals surface area contributed by atoms with Crippen LogP contribution >= 0.6 is 0 Å². The van der Waals surface area contributed by atoms with Crippen molar-refractivity contribution in [1.82, 2.24) is 9.80 Å². The molecular weight excluding hydrogens is 687 g/mol. The van der Waals surface area contributed by atoms with Gasteiger partial charge in [-0.3, -0.25) is 9.98 Å². The number of nitrogens with zero attached hydrogens (tertiary/aromatic N) is 4. The Kier molecular flexibility index (Phi) is 44.3. The van der Waals surface area contributed by atoms with Crippen molar-refractivity contribution in [3.8, 4) is 0 Å². The Morgan fingerprint density at radius 3 is 0.946 bits per heavy atom. The van der Waals surface area contributed by atoms with E-state index in [9.17, 15) is 0 Å². The first kappa shape index (κ1) is 54.1. The predicted octanol–water partition coefficient (Wildman–Crippen LogP) is 12.9. The molecule has 56 heavy (non-hydrogen) atoms. The third kappa shape index (κ3) is 44.8. The van der Waals surface area contributed by atoms with Crippen LogP contribution in [-0.4, -0.2) is 74.0 Å². The Morgan fingerprint density at radius 1 is 0.357 bits per heavy atom. The van der Waals surface area contributed by atoms with Gasteiger partial charge in [-0.25, -0.2) is 0 Å². The van der Waals surface area contributed by atoms with E-state index in [1.165, 1.54) is 219 Å². The molecule has 7 nitrogen and oxygen atoms in total. The highest BCUT2D eigenvalue weighted by Crippen LogP contribution is 2.13. The van der Waals surface area contributed by atoms with Gasteiger partial charge in [0.1, 0.15) is 0 Å². The van der Waals surface area contributed by atoms with Crippen molar-refractivity contribution in [2.75, 3.05) is 52.4 Å². The molecule has 0 atom stereocenters. The molecule has 0 bridgehead atoms. The molecule has 0 amide bonds. The third-order valence-corrected chi connectivity index (χ3v) is 11.1. The number of hydrogen-bond acceptors (Lipinski definition) is 4. The zero-order valence-corrected chi connectivity index (χ0v) is 38.1. The van der Waals surface area contributed by atoms with Crippen LogP contribution in [0.4, 0.5) is 0 Å². The molecule has 0 aromatic heterocycles. The molecule has 0 saturated carbocycles. The van der Waals surface area contributed by atoms with Gasteiger partial charge in [0.05, 0.1) is 5.84 Å². The molecule has 0 radical (unpaired) electrons. The molecule has 0 fully saturated rings. The number of amidine groups is 1. The first-order chi connectivity index (χ1) is 27.5. The highest BCUT2D eigenvalue weighted by Gasteiger charge is 2.08. The van der Waals surface area contributed by atoms with Crippen LogP contribution in [-0.2, 0) is 0 Å². The lowest BCUT2D eigenvalue weighted by molar-refractivity contribution is 0.233. The van der Waals surface area contributed by atoms with Crippen LogP contribution in [0.1, 0.15) is 226 Å². The fraction of sp³-hybridized carbons (Fsp3) is 0.878. The number of aliphatic imine (C=N–C) groups is 2. The molecular formula is C49H99N7. The number of unbranched alkanes of at least 4 members (excludes halogenated alkanes) is 25. The molecule has 0 spiro atoms. The highest BCUT2D eigenvalue weighted by molar-refractivity contribution is 5.77. The Balaban J connectivity index is 4.33. The van der Waals surface area contributed by atoms with Crippen molar-refractivity contribution in [2.24, 2.45) is 27.2 Å². The summed E-state index contributed by atoms with van der Waals surface area (Å²) in [5.41, 5.74) is 17.0. The van der Waals surface area contributed by atoms with Gasteiger partial charge in [0, 0.05) is 13.1 Å². The second-order valence-corrected chi connectivity index (χ2v) is 16.8. The summed E-state index contributed by atoms with van der Waals surface area (Å²) in [5.74, 6) is 0.908. The molecule has 0 heterocycles. The van der Waals surface area contributed by atoms with E-state index >= 15 is 0 Å². The molecule has 0 aliphatic rings. The largest absolute Gasteiger partial charge is 0.388 e. The number of nitrogens with two attached hydrogens (primary N) is 3. The fourth-order valence-corrected chi connectivity index (χ4v) is 7.56. The van der Waals surface area contributed by atoms with Gasteiger partial charge in [-0.1, -0.05) is 154 Å². The van der Waals surface area contributed by atoms with Crippen LogP contribution in [0.5, 0.6) is 0 Å². The van der Waals surface area contributed by atoms with E-state index in [4.69, 9.17) is 17.2 Å². The van der Waals surface area contributed by atoms with Crippen molar-refractivity contribution in [2.45, 2.75) is 226 Å². The predicted molar refractivity (Wildman–Crippen MR) is 253 cm³/mol. The highest BCUT2D eigenvalue weighted by atomic mass is 15.1. The van der Waals surface area contributed by atoms with Gasteiger partial charge < -0.3 is 27.0 Å². The molecule has 0 aliphatic heterocycles. The van der Waals surface area contributed by atoms with Gasteiger partial charge in [0.15, 0.2) is 5.96 Å². The topological polar surface area (TPSA) is 109 Å². The lowest BCUT2D eigenvalue weighted by Gasteiger charge is -2.25. The van der Waals surface area contributed by atoms with Crippen molar-refractivity contribution in [3.63, 3.8) is 0 Å². The first-order valence-electron chi connectivity index (χ1n) is 24.6. The third-order valence-electron chi connectivity index (χ3n) is 11.1. The maximum Gasteiger partial charge on any atom is 0.185 e. The van der Waals surface area contributed by atoms with Crippen LogP contribution in [0.3, 0.4) is 0 Å². The number of guanidine groups is 1. The summed E-state index contributed by atoms with van der Waals surface area (Å²) in [7, 11) is 0. The molecule has 0 rings (SSSR count). The van der Waals surface area contributed by atoms with E-state index in [0.717, 1.165) is 39.0 Å². The van der Waals surface area contributed by atoms with E-state index in [-0.39, 0.29) is 5.96 Å². The van der Waals surface area contributed by atoms with Gasteiger partial charge in [-0.15, -0.1) is 0 Å². The van der Waals surface area contributed by atoms with Gasteiger partial charge in [-0.05, 0) is 136 Å². The molecule has 6 N–H and O–H groups in total. The zero-order chi connectivity index (χ0) is 40.8. The summed E-state index contributed by atoms with van der Waals surface area (Å²) in [6, 6.07) is 0. The van der Waals surface area contributed by atoms with Crippen molar-refractivity contribution in [3.05, 3.63) is 24.3 Å². The first-order valence-corrected chi connectivity index (χ1v) is 24.6. The standard InChI is InChI=1S/C49H99N7/c1-4-6-8-10-12-14-16-18-20-22-24-26-28-30-32-34-42-55(46-38-40-53-48(3)50)44-36-37-45-56(47-39-41-54-49(51)52)43-35-33-31-29-27-25-23-21-19-17-15-13-11-9-7-5-2/h18-21H,4-17,22-47H2,1-3H3,(H2,50,53)(H4,51,52,54)/b20-18?,21-19-. The van der Waals surface area contributed by atoms with Crippen LogP contribution in [0.2, 0.25) is 0 Å². The van der Waals surface area contributed by atoms with Gasteiger partial charge in [-0.2, -0.15) is 0 Å². The zero-order valence-electron chi connectivity index (χ0n) is 38.1. The van der Waals surface area contributed by atoms with Crippen LogP contribution in [0, 0.1) is 0 Å². The number of allylic oxidation sites excluding steroid dienone is 4. The van der Waals surface area contributed by atoms with E-state index in [1.54, 1.807) is 0 Å². The van der Waals surface area contributed by atoms with Gasteiger partial charge in [0.25, 0.3) is 0 Å². The summed E-state index contributed by atoms with van der Waals surface area (Å²) in [5, 5.41) is 0. The second kappa shape index (κ2) is 45.8. The summed E-state index contributed by atoms with van der Waals surface area (Å²) in [6.45, 7) is 15.0. The van der Waals surface area contributed by atoms with Gasteiger partial charge in [0.2, 0.25) is 0 Å². The monoisotopic (exact) mass is 786 g/mol. The Morgan fingerprint density at radius 2 is 0.625 bits per heavy atom. The van der Waals surface area contributed by atoms with E-state index < -0.39 is 0 Å². The summed E-state index contributed by atoms with van der Waals surface area (Å²) in [4.78, 5) is 14.1. The number of rotatable bonds is 45. The van der Waals surface area contributed by atoms with Crippen LogP contribution < -0.4 is 17.2 Å². The minimum Gasteiger partial charge on any atom is -0.388 e. The summed E-state index contributed by atoms with van der Waals surface area (Å²) in [6.07, 6.45) is 52.4. The molecule has 0 aromatic carbocycles. The second-order valence-electron chi connectivity index (χ2n) is 16.8. The minimum atomic E-state index is 0.207. The van der Waals surface area contributed by atoms with Crippen molar-refractivity contribution in [1.29, 1.82) is 0 Å². The smallest absolute Gasteiger partial charge is 0.185 e. The van der Waals surface area contributed by atoms with Crippen LogP contribution in [0.15, 0.2) is 34.3 Å².